The van der Waals surface area contributed by atoms with Crippen molar-refractivity contribution in [2.24, 2.45) is 0 Å². The van der Waals surface area contributed by atoms with Gasteiger partial charge < -0.3 is 15.2 Å². The van der Waals surface area contributed by atoms with Crippen molar-refractivity contribution in [3.8, 4) is 0 Å². The average Bonchev–Trinajstić information content (AvgIpc) is 2.77. The number of ether oxygens (including phenoxy) is 1. The Balaban J connectivity index is 2.01. The van der Waals surface area contributed by atoms with Crippen molar-refractivity contribution >= 4 is 21.8 Å². The van der Waals surface area contributed by atoms with Crippen molar-refractivity contribution in [3.63, 3.8) is 0 Å². The van der Waals surface area contributed by atoms with E-state index in [0.29, 0.717) is 17.5 Å². The Hall–Kier alpha value is -0.980. The summed E-state index contributed by atoms with van der Waals surface area (Å²) in [6, 6.07) is 4.14. The number of hydrogen-bond donors (Lipinski definition) is 2. The summed E-state index contributed by atoms with van der Waals surface area (Å²) < 4.78 is 19.1. The molecule has 2 N–H and O–H groups in total. The van der Waals surface area contributed by atoms with E-state index in [4.69, 9.17) is 4.74 Å². The zero-order chi connectivity index (χ0) is 13.2. The zero-order valence-electron chi connectivity index (χ0n) is 9.58. The maximum Gasteiger partial charge on any atom is 0.254 e. The number of carbonyl (C=O) groups excluding carboxylic acids is 1. The van der Waals surface area contributed by atoms with Gasteiger partial charge in [0.05, 0.1) is 12.2 Å². The molecule has 0 radical (unpaired) electrons. The highest BCUT2D eigenvalue weighted by molar-refractivity contribution is 9.10. The zero-order valence-corrected chi connectivity index (χ0v) is 11.2. The predicted molar refractivity (Wildman–Crippen MR) is 66.8 cm³/mol. The van der Waals surface area contributed by atoms with Crippen LogP contribution in [0, 0.1) is 5.82 Å². The molecule has 0 spiro atoms. The summed E-state index contributed by atoms with van der Waals surface area (Å²) in [7, 11) is 0. The minimum absolute atomic E-state index is 0.0492. The van der Waals surface area contributed by atoms with Crippen LogP contribution in [0.1, 0.15) is 16.8 Å². The largest absolute Gasteiger partial charge is 0.386 e. The Labute approximate surface area is 112 Å². The molecule has 1 saturated heterocycles. The van der Waals surface area contributed by atoms with Crippen LogP contribution in [0.15, 0.2) is 22.7 Å². The summed E-state index contributed by atoms with van der Waals surface area (Å²) in [4.78, 5) is 11.8. The van der Waals surface area contributed by atoms with E-state index in [9.17, 15) is 14.3 Å². The van der Waals surface area contributed by atoms with Crippen molar-refractivity contribution in [1.82, 2.24) is 5.32 Å². The first-order chi connectivity index (χ1) is 8.50. The van der Waals surface area contributed by atoms with Gasteiger partial charge in [0.1, 0.15) is 11.4 Å². The van der Waals surface area contributed by atoms with Gasteiger partial charge in [-0.15, -0.1) is 0 Å². The molecule has 1 heterocycles. The monoisotopic (exact) mass is 317 g/mol. The van der Waals surface area contributed by atoms with Crippen molar-refractivity contribution < 1.29 is 19.0 Å². The topological polar surface area (TPSA) is 58.6 Å². The molecular formula is C12H13BrFNO3. The number of aliphatic hydroxyl groups is 1. The fourth-order valence-corrected chi connectivity index (χ4v) is 2.11. The third-order valence-corrected chi connectivity index (χ3v) is 3.33. The Morgan fingerprint density at radius 1 is 1.61 bits per heavy atom. The van der Waals surface area contributed by atoms with Gasteiger partial charge in [0.2, 0.25) is 0 Å². The van der Waals surface area contributed by atoms with Crippen molar-refractivity contribution in [1.29, 1.82) is 0 Å². The van der Waals surface area contributed by atoms with Crippen LogP contribution in [-0.4, -0.2) is 36.4 Å². The lowest BCUT2D eigenvalue weighted by Crippen LogP contribution is -2.43. The van der Waals surface area contributed by atoms with Crippen LogP contribution < -0.4 is 5.32 Å². The second-order valence-electron chi connectivity index (χ2n) is 4.33. The lowest BCUT2D eigenvalue weighted by atomic mass is 10.0. The van der Waals surface area contributed by atoms with Gasteiger partial charge in [0, 0.05) is 24.0 Å². The molecule has 1 aromatic rings. The number of halogens is 2. The Morgan fingerprint density at radius 3 is 3.06 bits per heavy atom. The Bertz CT molecular complexity index is 461. The van der Waals surface area contributed by atoms with Crippen LogP contribution in [-0.2, 0) is 4.74 Å². The molecule has 18 heavy (non-hydrogen) atoms. The molecule has 0 saturated carbocycles. The molecular weight excluding hydrogens is 305 g/mol. The fraction of sp³-hybridized carbons (Fsp3) is 0.417. The predicted octanol–water partition coefficient (Wildman–Crippen LogP) is 1.47. The standard InChI is InChI=1S/C12H13BrFNO3/c13-8-1-2-10(14)9(5-8)11(16)15-6-12(17)3-4-18-7-12/h1-2,5,17H,3-4,6-7H2,(H,15,16). The van der Waals surface area contributed by atoms with E-state index in [2.05, 4.69) is 21.2 Å². The van der Waals surface area contributed by atoms with Crippen molar-refractivity contribution in [2.75, 3.05) is 19.8 Å². The molecule has 1 aliphatic rings. The normalized spacial score (nSPS) is 23.1. The lowest BCUT2D eigenvalue weighted by molar-refractivity contribution is 0.0264. The summed E-state index contributed by atoms with van der Waals surface area (Å²) in [5, 5.41) is 12.5. The number of amides is 1. The highest BCUT2D eigenvalue weighted by Crippen LogP contribution is 2.18. The fourth-order valence-electron chi connectivity index (χ4n) is 1.75. The molecule has 1 aromatic carbocycles. The summed E-state index contributed by atoms with van der Waals surface area (Å²) in [6.45, 7) is 0.712. The third kappa shape index (κ3) is 3.07. The maximum absolute atomic E-state index is 13.4. The molecule has 6 heteroatoms. The van der Waals surface area contributed by atoms with Crippen LogP contribution in [0.5, 0.6) is 0 Å². The first-order valence-electron chi connectivity index (χ1n) is 5.54. The van der Waals surface area contributed by atoms with Crippen LogP contribution >= 0.6 is 15.9 Å². The summed E-state index contributed by atoms with van der Waals surface area (Å²) >= 11 is 3.18. The molecule has 98 valence electrons. The second-order valence-corrected chi connectivity index (χ2v) is 5.25. The summed E-state index contributed by atoms with van der Waals surface area (Å²) in [5.74, 6) is -1.14. The maximum atomic E-state index is 13.4. The van der Waals surface area contributed by atoms with Gasteiger partial charge in [-0.1, -0.05) is 15.9 Å². The van der Waals surface area contributed by atoms with E-state index in [1.165, 1.54) is 18.2 Å². The minimum atomic E-state index is -1.04. The van der Waals surface area contributed by atoms with Gasteiger partial charge in [-0.05, 0) is 18.2 Å². The number of hydrogen-bond acceptors (Lipinski definition) is 3. The molecule has 1 amide bonds. The van der Waals surface area contributed by atoms with E-state index >= 15 is 0 Å². The molecule has 1 atom stereocenters. The van der Waals surface area contributed by atoms with Crippen LogP contribution in [0.4, 0.5) is 4.39 Å². The molecule has 1 fully saturated rings. The smallest absolute Gasteiger partial charge is 0.254 e. The lowest BCUT2D eigenvalue weighted by Gasteiger charge is -2.20. The molecule has 4 nitrogen and oxygen atoms in total. The second kappa shape index (κ2) is 5.34. The van der Waals surface area contributed by atoms with Gasteiger partial charge >= 0.3 is 0 Å². The summed E-state index contributed by atoms with van der Waals surface area (Å²) in [5.41, 5.74) is -1.09. The quantitative estimate of drug-likeness (QED) is 0.887. The molecule has 0 bridgehead atoms. The van der Waals surface area contributed by atoms with E-state index < -0.39 is 17.3 Å². The molecule has 0 aromatic heterocycles. The first-order valence-corrected chi connectivity index (χ1v) is 6.33. The average molecular weight is 318 g/mol. The number of benzene rings is 1. The van der Waals surface area contributed by atoms with Crippen LogP contribution in [0.2, 0.25) is 0 Å². The Kier molecular flexibility index (Phi) is 3.99. The number of nitrogens with one attached hydrogen (secondary N) is 1. The SMILES string of the molecule is O=C(NCC1(O)CCOC1)c1cc(Br)ccc1F. The van der Waals surface area contributed by atoms with E-state index in [-0.39, 0.29) is 18.7 Å². The Morgan fingerprint density at radius 2 is 2.39 bits per heavy atom. The summed E-state index contributed by atoms with van der Waals surface area (Å²) in [6.07, 6.45) is 0.467. The van der Waals surface area contributed by atoms with Gasteiger partial charge in [-0.3, -0.25) is 4.79 Å². The molecule has 0 aliphatic carbocycles. The molecule has 2 rings (SSSR count). The first kappa shape index (κ1) is 13.5. The van der Waals surface area contributed by atoms with Gasteiger partial charge in [0.15, 0.2) is 0 Å². The number of rotatable bonds is 3. The van der Waals surface area contributed by atoms with Gasteiger partial charge in [-0.25, -0.2) is 4.39 Å². The highest BCUT2D eigenvalue weighted by atomic mass is 79.9. The van der Waals surface area contributed by atoms with Gasteiger partial charge in [-0.2, -0.15) is 0 Å². The van der Waals surface area contributed by atoms with E-state index in [0.717, 1.165) is 0 Å². The van der Waals surface area contributed by atoms with E-state index in [1.807, 2.05) is 0 Å². The minimum Gasteiger partial charge on any atom is -0.386 e. The highest BCUT2D eigenvalue weighted by Gasteiger charge is 2.32. The molecule has 1 unspecified atom stereocenters. The van der Waals surface area contributed by atoms with Gasteiger partial charge in [0.25, 0.3) is 5.91 Å². The van der Waals surface area contributed by atoms with Crippen LogP contribution in [0.25, 0.3) is 0 Å². The van der Waals surface area contributed by atoms with Crippen molar-refractivity contribution in [2.45, 2.75) is 12.0 Å². The molecule has 1 aliphatic heterocycles. The number of carbonyl (C=O) groups is 1. The van der Waals surface area contributed by atoms with Crippen molar-refractivity contribution in [3.05, 3.63) is 34.1 Å². The van der Waals surface area contributed by atoms with E-state index in [1.54, 1.807) is 0 Å². The third-order valence-electron chi connectivity index (χ3n) is 2.83. The van der Waals surface area contributed by atoms with Crippen LogP contribution in [0.3, 0.4) is 0 Å².